The number of aryl methyl sites for hydroxylation is 1. The molecule has 3 heteroatoms. The van der Waals surface area contributed by atoms with E-state index in [-0.39, 0.29) is 0 Å². The zero-order chi connectivity index (χ0) is 13.9. The van der Waals surface area contributed by atoms with Crippen molar-refractivity contribution in [1.82, 2.24) is 15.2 Å². The molecule has 1 aromatic rings. The molecule has 0 spiro atoms. The Morgan fingerprint density at radius 1 is 1.42 bits per heavy atom. The Balaban J connectivity index is 2.05. The van der Waals surface area contributed by atoms with Gasteiger partial charge in [0.25, 0.3) is 0 Å². The van der Waals surface area contributed by atoms with Crippen LogP contribution in [0.4, 0.5) is 0 Å². The second-order valence-corrected chi connectivity index (χ2v) is 6.73. The fourth-order valence-electron chi connectivity index (χ4n) is 2.61. The summed E-state index contributed by atoms with van der Waals surface area (Å²) in [4.78, 5) is 7.08. The Morgan fingerprint density at radius 2 is 2.21 bits per heavy atom. The maximum atomic E-state index is 4.53. The summed E-state index contributed by atoms with van der Waals surface area (Å²) in [6.07, 6.45) is 3.12. The van der Waals surface area contributed by atoms with Gasteiger partial charge in [-0.2, -0.15) is 0 Å². The van der Waals surface area contributed by atoms with Crippen molar-refractivity contribution >= 4 is 0 Å². The van der Waals surface area contributed by atoms with E-state index in [1.807, 2.05) is 12.3 Å². The Kier molecular flexibility index (Phi) is 4.58. The Labute approximate surface area is 117 Å². The second-order valence-electron chi connectivity index (χ2n) is 6.73. The molecule has 0 amide bonds. The van der Waals surface area contributed by atoms with Crippen LogP contribution in [0.15, 0.2) is 18.3 Å². The molecule has 1 N–H and O–H groups in total. The zero-order valence-electron chi connectivity index (χ0n) is 12.7. The second kappa shape index (κ2) is 6.02. The monoisotopic (exact) mass is 261 g/mol. The highest BCUT2D eigenvalue weighted by atomic mass is 15.2. The Hall–Kier alpha value is -0.930. The summed E-state index contributed by atoms with van der Waals surface area (Å²) in [5.41, 5.74) is 2.82. The van der Waals surface area contributed by atoms with Crippen molar-refractivity contribution in [2.75, 3.05) is 19.6 Å². The molecular formula is C16H27N3. The highest BCUT2D eigenvalue weighted by molar-refractivity contribution is 5.17. The summed E-state index contributed by atoms with van der Waals surface area (Å²) in [5.74, 6) is 0. The fourth-order valence-corrected chi connectivity index (χ4v) is 2.61. The average Bonchev–Trinajstić information content (AvgIpc) is 2.57. The van der Waals surface area contributed by atoms with Crippen LogP contribution >= 0.6 is 0 Å². The third-order valence-corrected chi connectivity index (χ3v) is 4.02. The van der Waals surface area contributed by atoms with Gasteiger partial charge in [0, 0.05) is 25.3 Å². The van der Waals surface area contributed by atoms with Crippen molar-refractivity contribution in [3.05, 3.63) is 29.6 Å². The first-order valence-corrected chi connectivity index (χ1v) is 7.33. The number of hydrogen-bond acceptors (Lipinski definition) is 3. The van der Waals surface area contributed by atoms with Crippen molar-refractivity contribution in [2.24, 2.45) is 5.41 Å². The molecular weight excluding hydrogens is 234 g/mol. The first-order chi connectivity index (χ1) is 8.97. The van der Waals surface area contributed by atoms with Gasteiger partial charge in [0.1, 0.15) is 0 Å². The van der Waals surface area contributed by atoms with E-state index in [0.29, 0.717) is 11.5 Å². The van der Waals surface area contributed by atoms with Crippen LogP contribution in [0.5, 0.6) is 0 Å². The predicted molar refractivity (Wildman–Crippen MR) is 80.1 cm³/mol. The molecule has 106 valence electrons. The standard InChI is InChI=1S/C16H27N3/c1-13-7-5-8-17-14(13)11-19-10-6-9-18-15(12-19)16(2,3)4/h5,7-8,15,18H,6,9-12H2,1-4H3. The van der Waals surface area contributed by atoms with Crippen molar-refractivity contribution in [3.8, 4) is 0 Å². The molecule has 1 saturated heterocycles. The predicted octanol–water partition coefficient (Wildman–Crippen LogP) is 2.60. The number of hydrogen-bond donors (Lipinski definition) is 1. The Morgan fingerprint density at radius 3 is 2.89 bits per heavy atom. The van der Waals surface area contributed by atoms with E-state index >= 15 is 0 Å². The molecule has 0 aromatic carbocycles. The number of nitrogens with zero attached hydrogens (tertiary/aromatic N) is 2. The Bertz CT molecular complexity index is 409. The first kappa shape index (κ1) is 14.5. The SMILES string of the molecule is Cc1cccnc1CN1CCCNC(C(C)(C)C)C1. The van der Waals surface area contributed by atoms with E-state index in [1.165, 1.54) is 17.7 Å². The molecule has 1 fully saturated rings. The average molecular weight is 261 g/mol. The third kappa shape index (κ3) is 4.02. The third-order valence-electron chi connectivity index (χ3n) is 4.02. The number of pyridine rings is 1. The van der Waals surface area contributed by atoms with Crippen LogP contribution in [-0.2, 0) is 6.54 Å². The van der Waals surface area contributed by atoms with E-state index in [4.69, 9.17) is 0 Å². The van der Waals surface area contributed by atoms with Crippen LogP contribution in [-0.4, -0.2) is 35.6 Å². The smallest absolute Gasteiger partial charge is 0.0573 e. The summed E-state index contributed by atoms with van der Waals surface area (Å²) in [6, 6.07) is 4.72. The summed E-state index contributed by atoms with van der Waals surface area (Å²) in [5, 5.41) is 3.69. The molecule has 3 nitrogen and oxygen atoms in total. The van der Waals surface area contributed by atoms with Gasteiger partial charge in [-0.15, -0.1) is 0 Å². The van der Waals surface area contributed by atoms with Gasteiger partial charge in [-0.25, -0.2) is 0 Å². The van der Waals surface area contributed by atoms with E-state index < -0.39 is 0 Å². The summed E-state index contributed by atoms with van der Waals surface area (Å²) in [7, 11) is 0. The van der Waals surface area contributed by atoms with E-state index in [9.17, 15) is 0 Å². The van der Waals surface area contributed by atoms with Gasteiger partial charge in [0.2, 0.25) is 0 Å². The number of nitrogens with one attached hydrogen (secondary N) is 1. The van der Waals surface area contributed by atoms with Gasteiger partial charge < -0.3 is 5.32 Å². The van der Waals surface area contributed by atoms with Crippen LogP contribution in [0.25, 0.3) is 0 Å². The summed E-state index contributed by atoms with van der Waals surface area (Å²) >= 11 is 0. The van der Waals surface area contributed by atoms with Gasteiger partial charge in [0.15, 0.2) is 0 Å². The molecule has 1 aromatic heterocycles. The molecule has 19 heavy (non-hydrogen) atoms. The molecule has 1 aliphatic heterocycles. The van der Waals surface area contributed by atoms with Gasteiger partial charge in [-0.1, -0.05) is 26.8 Å². The summed E-state index contributed by atoms with van der Waals surface area (Å²) in [6.45, 7) is 13.5. The van der Waals surface area contributed by atoms with Gasteiger partial charge >= 0.3 is 0 Å². The minimum absolute atomic E-state index is 0.307. The fraction of sp³-hybridized carbons (Fsp3) is 0.688. The quantitative estimate of drug-likeness (QED) is 0.887. The minimum atomic E-state index is 0.307. The van der Waals surface area contributed by atoms with Crippen molar-refractivity contribution in [3.63, 3.8) is 0 Å². The topological polar surface area (TPSA) is 28.2 Å². The number of aromatic nitrogens is 1. The molecule has 2 rings (SSSR count). The lowest BCUT2D eigenvalue weighted by Crippen LogP contribution is -2.46. The molecule has 1 atom stereocenters. The highest BCUT2D eigenvalue weighted by Gasteiger charge is 2.28. The lowest BCUT2D eigenvalue weighted by atomic mass is 9.86. The zero-order valence-corrected chi connectivity index (χ0v) is 12.7. The van der Waals surface area contributed by atoms with Gasteiger partial charge in [-0.3, -0.25) is 9.88 Å². The van der Waals surface area contributed by atoms with E-state index in [2.05, 4.69) is 49.0 Å². The first-order valence-electron chi connectivity index (χ1n) is 7.33. The summed E-state index contributed by atoms with van der Waals surface area (Å²) < 4.78 is 0. The lowest BCUT2D eigenvalue weighted by molar-refractivity contribution is 0.190. The molecule has 1 unspecified atom stereocenters. The van der Waals surface area contributed by atoms with Crippen molar-refractivity contribution in [1.29, 1.82) is 0 Å². The van der Waals surface area contributed by atoms with Crippen LogP contribution in [0.3, 0.4) is 0 Å². The molecule has 0 bridgehead atoms. The molecule has 2 heterocycles. The highest BCUT2D eigenvalue weighted by Crippen LogP contribution is 2.22. The molecule has 0 aliphatic carbocycles. The van der Waals surface area contributed by atoms with Gasteiger partial charge in [0.05, 0.1) is 5.69 Å². The van der Waals surface area contributed by atoms with Gasteiger partial charge in [-0.05, 0) is 43.5 Å². The number of rotatable bonds is 2. The van der Waals surface area contributed by atoms with Crippen LogP contribution in [0, 0.1) is 12.3 Å². The van der Waals surface area contributed by atoms with Crippen molar-refractivity contribution < 1.29 is 0 Å². The molecule has 1 aliphatic rings. The largest absolute Gasteiger partial charge is 0.312 e. The molecule has 0 saturated carbocycles. The van der Waals surface area contributed by atoms with Crippen LogP contribution < -0.4 is 5.32 Å². The lowest BCUT2D eigenvalue weighted by Gasteiger charge is -2.33. The normalized spacial score (nSPS) is 22.2. The van der Waals surface area contributed by atoms with E-state index in [1.54, 1.807) is 0 Å². The molecule has 0 radical (unpaired) electrons. The van der Waals surface area contributed by atoms with E-state index in [0.717, 1.165) is 26.2 Å². The van der Waals surface area contributed by atoms with Crippen LogP contribution in [0.2, 0.25) is 0 Å². The van der Waals surface area contributed by atoms with Crippen LogP contribution in [0.1, 0.15) is 38.4 Å². The maximum absolute atomic E-state index is 4.53. The minimum Gasteiger partial charge on any atom is -0.312 e. The maximum Gasteiger partial charge on any atom is 0.0573 e. The van der Waals surface area contributed by atoms with Crippen molar-refractivity contribution in [2.45, 2.75) is 46.7 Å².